The molecule has 0 radical (unpaired) electrons. The van der Waals surface area contributed by atoms with Gasteiger partial charge in [0.15, 0.2) is 0 Å². The van der Waals surface area contributed by atoms with E-state index in [1.54, 1.807) is 20.8 Å². The van der Waals surface area contributed by atoms with E-state index in [4.69, 9.17) is 13.9 Å². The number of anilines is 1. The summed E-state index contributed by atoms with van der Waals surface area (Å²) < 4.78 is 15.8. The summed E-state index contributed by atoms with van der Waals surface area (Å²) in [5, 5.41) is 11.2. The van der Waals surface area contributed by atoms with Gasteiger partial charge in [-0.1, -0.05) is 17.8 Å². The van der Waals surface area contributed by atoms with Gasteiger partial charge in [-0.25, -0.2) is 9.59 Å². The summed E-state index contributed by atoms with van der Waals surface area (Å²) in [6, 6.07) is 5.83. The number of nitrogens with one attached hydrogen (secondary N) is 1. The van der Waals surface area contributed by atoms with Crippen LogP contribution in [0.3, 0.4) is 0 Å². The van der Waals surface area contributed by atoms with Crippen molar-refractivity contribution >= 4 is 45.9 Å². The van der Waals surface area contributed by atoms with E-state index in [1.807, 2.05) is 32.0 Å². The Morgan fingerprint density at radius 1 is 1.03 bits per heavy atom. The Labute approximate surface area is 205 Å². The second kappa shape index (κ2) is 11.3. The molecule has 0 fully saturated rings. The molecule has 2 heterocycles. The lowest BCUT2D eigenvalue weighted by molar-refractivity contribution is -0.113. The van der Waals surface area contributed by atoms with Crippen molar-refractivity contribution in [3.63, 3.8) is 0 Å². The predicted molar refractivity (Wildman–Crippen MR) is 130 cm³/mol. The van der Waals surface area contributed by atoms with E-state index in [2.05, 4.69) is 15.5 Å². The van der Waals surface area contributed by atoms with E-state index < -0.39 is 17.8 Å². The van der Waals surface area contributed by atoms with E-state index in [-0.39, 0.29) is 39.6 Å². The molecule has 9 nitrogen and oxygen atoms in total. The van der Waals surface area contributed by atoms with Crippen LogP contribution in [0, 0.1) is 20.8 Å². The second-order valence-electron chi connectivity index (χ2n) is 7.21. The quantitative estimate of drug-likeness (QED) is 0.324. The molecule has 1 amide bonds. The predicted octanol–water partition coefficient (Wildman–Crippen LogP) is 4.81. The molecule has 0 saturated heterocycles. The third kappa shape index (κ3) is 5.84. The van der Waals surface area contributed by atoms with Gasteiger partial charge >= 0.3 is 11.9 Å². The van der Waals surface area contributed by atoms with E-state index in [0.717, 1.165) is 39.8 Å². The smallest absolute Gasteiger partial charge is 0.348 e. The molecule has 3 rings (SSSR count). The molecular weight excluding hydrogens is 478 g/mol. The molecule has 0 unspecified atom stereocenters. The average molecular weight is 504 g/mol. The highest BCUT2D eigenvalue weighted by atomic mass is 32.2. The van der Waals surface area contributed by atoms with Gasteiger partial charge < -0.3 is 19.2 Å². The fourth-order valence-corrected chi connectivity index (χ4v) is 4.66. The fourth-order valence-electron chi connectivity index (χ4n) is 2.99. The second-order valence-corrected chi connectivity index (χ2v) is 9.16. The summed E-state index contributed by atoms with van der Waals surface area (Å²) in [5.74, 6) is -1.26. The van der Waals surface area contributed by atoms with E-state index >= 15 is 0 Å². The Kier molecular flexibility index (Phi) is 8.46. The number of thiophene rings is 1. The summed E-state index contributed by atoms with van der Waals surface area (Å²) in [4.78, 5) is 37.6. The SMILES string of the molecule is CCOC(=O)c1sc(NC(=O)CSc2nnc(-c3ccc(C)c(C)c3)o2)c(C(=O)OCC)c1C. The maximum absolute atomic E-state index is 12.6. The van der Waals surface area contributed by atoms with Gasteiger partial charge in [-0.3, -0.25) is 4.79 Å². The number of aromatic nitrogens is 2. The van der Waals surface area contributed by atoms with Crippen molar-refractivity contribution in [2.45, 2.75) is 39.8 Å². The van der Waals surface area contributed by atoms with Crippen molar-refractivity contribution in [3.05, 3.63) is 45.3 Å². The number of rotatable bonds is 9. The minimum absolute atomic E-state index is 0.0392. The average Bonchev–Trinajstić information content (AvgIpc) is 3.39. The van der Waals surface area contributed by atoms with E-state index in [9.17, 15) is 14.4 Å². The normalized spacial score (nSPS) is 10.7. The maximum Gasteiger partial charge on any atom is 0.348 e. The number of hydrogen-bond donors (Lipinski definition) is 1. The zero-order valence-electron chi connectivity index (χ0n) is 19.5. The number of thioether (sulfide) groups is 1. The van der Waals surface area contributed by atoms with Crippen LogP contribution in [0.2, 0.25) is 0 Å². The molecule has 0 bridgehead atoms. The van der Waals surface area contributed by atoms with Crippen molar-refractivity contribution in [2.75, 3.05) is 24.3 Å². The van der Waals surface area contributed by atoms with Crippen molar-refractivity contribution in [1.29, 1.82) is 0 Å². The number of nitrogens with zero attached hydrogens (tertiary/aromatic N) is 2. The Bertz CT molecular complexity index is 1220. The minimum Gasteiger partial charge on any atom is -0.462 e. The first-order chi connectivity index (χ1) is 16.2. The maximum atomic E-state index is 12.6. The van der Waals surface area contributed by atoms with Gasteiger partial charge in [-0.05, 0) is 63.4 Å². The van der Waals surface area contributed by atoms with Crippen molar-refractivity contribution in [3.8, 4) is 11.5 Å². The summed E-state index contributed by atoms with van der Waals surface area (Å²) >= 11 is 2.04. The largest absolute Gasteiger partial charge is 0.462 e. The first-order valence-corrected chi connectivity index (χ1v) is 12.4. The van der Waals surface area contributed by atoms with Crippen LogP contribution in [0.25, 0.3) is 11.5 Å². The molecule has 11 heteroatoms. The van der Waals surface area contributed by atoms with Crippen molar-refractivity contribution in [2.24, 2.45) is 0 Å². The zero-order chi connectivity index (χ0) is 24.8. The van der Waals surface area contributed by atoms with Crippen LogP contribution < -0.4 is 5.32 Å². The summed E-state index contributed by atoms with van der Waals surface area (Å²) in [7, 11) is 0. The Morgan fingerprint density at radius 3 is 2.41 bits per heavy atom. The van der Waals surface area contributed by atoms with Crippen LogP contribution in [-0.4, -0.2) is 47.0 Å². The first-order valence-electron chi connectivity index (χ1n) is 10.6. The Hall–Kier alpha value is -3.18. The monoisotopic (exact) mass is 503 g/mol. The summed E-state index contributed by atoms with van der Waals surface area (Å²) in [6.07, 6.45) is 0. The van der Waals surface area contributed by atoms with Gasteiger partial charge in [0.1, 0.15) is 9.88 Å². The highest BCUT2D eigenvalue weighted by Crippen LogP contribution is 2.34. The van der Waals surface area contributed by atoms with E-state index in [1.165, 1.54) is 0 Å². The molecular formula is C23H25N3O6S2. The fraction of sp³-hybridized carbons (Fsp3) is 0.348. The van der Waals surface area contributed by atoms with Gasteiger partial charge in [0.25, 0.3) is 5.22 Å². The topological polar surface area (TPSA) is 121 Å². The van der Waals surface area contributed by atoms with Crippen LogP contribution in [-0.2, 0) is 14.3 Å². The Morgan fingerprint density at radius 2 is 1.74 bits per heavy atom. The highest BCUT2D eigenvalue weighted by Gasteiger charge is 2.27. The molecule has 0 atom stereocenters. The van der Waals surface area contributed by atoms with Gasteiger partial charge in [0, 0.05) is 5.56 Å². The lowest BCUT2D eigenvalue weighted by Gasteiger charge is -2.06. The van der Waals surface area contributed by atoms with Crippen molar-refractivity contribution in [1.82, 2.24) is 10.2 Å². The van der Waals surface area contributed by atoms with E-state index in [0.29, 0.717) is 11.5 Å². The number of aryl methyl sites for hydroxylation is 2. The molecule has 0 saturated carbocycles. The van der Waals surface area contributed by atoms with Gasteiger partial charge in [0.05, 0.1) is 24.5 Å². The minimum atomic E-state index is -0.621. The number of esters is 2. The summed E-state index contributed by atoms with van der Waals surface area (Å²) in [6.45, 7) is 9.35. The molecule has 0 aliphatic rings. The number of ether oxygens (including phenoxy) is 2. The molecule has 34 heavy (non-hydrogen) atoms. The number of benzene rings is 1. The number of carbonyl (C=O) groups excluding carboxylic acids is 3. The molecule has 0 aliphatic carbocycles. The van der Waals surface area contributed by atoms with Gasteiger partial charge in [0.2, 0.25) is 11.8 Å². The number of hydrogen-bond acceptors (Lipinski definition) is 10. The molecule has 1 aromatic carbocycles. The highest BCUT2D eigenvalue weighted by molar-refractivity contribution is 7.99. The third-order valence-electron chi connectivity index (χ3n) is 4.83. The lowest BCUT2D eigenvalue weighted by Crippen LogP contribution is -2.16. The van der Waals surface area contributed by atoms with Crippen LogP contribution in [0.1, 0.15) is 50.6 Å². The van der Waals surface area contributed by atoms with Crippen LogP contribution >= 0.6 is 23.1 Å². The van der Waals surface area contributed by atoms with Crippen molar-refractivity contribution < 1.29 is 28.3 Å². The molecule has 2 aromatic heterocycles. The first kappa shape index (κ1) is 25.4. The third-order valence-corrected chi connectivity index (χ3v) is 6.83. The molecule has 1 N–H and O–H groups in total. The van der Waals surface area contributed by atoms with Crippen LogP contribution in [0.15, 0.2) is 27.8 Å². The zero-order valence-corrected chi connectivity index (χ0v) is 21.1. The summed E-state index contributed by atoms with van der Waals surface area (Å²) in [5.41, 5.74) is 3.61. The van der Waals surface area contributed by atoms with Gasteiger partial charge in [-0.15, -0.1) is 21.5 Å². The molecule has 0 spiro atoms. The number of amides is 1. The van der Waals surface area contributed by atoms with Crippen LogP contribution in [0.5, 0.6) is 0 Å². The molecule has 180 valence electrons. The molecule has 3 aromatic rings. The number of carbonyl (C=O) groups is 3. The lowest BCUT2D eigenvalue weighted by atomic mass is 10.1. The Balaban J connectivity index is 1.71. The van der Waals surface area contributed by atoms with Crippen LogP contribution in [0.4, 0.5) is 5.00 Å². The van der Waals surface area contributed by atoms with Gasteiger partial charge in [-0.2, -0.15) is 0 Å². The molecule has 0 aliphatic heterocycles. The standard InChI is InChI=1S/C23H25N3O6S2/c1-6-30-21(28)17-14(5)18(22(29)31-7-2)34-20(17)24-16(27)11-33-23-26-25-19(32-23)15-9-8-12(3)13(4)10-15/h8-10H,6-7,11H2,1-5H3,(H,24,27).